The minimum Gasteiger partial charge on any atom is -0.497 e. The molecule has 1 aromatic rings. The first-order valence-electron chi connectivity index (χ1n) is 7.16. The van der Waals surface area contributed by atoms with Gasteiger partial charge in [0.2, 0.25) is 0 Å². The lowest BCUT2D eigenvalue weighted by Gasteiger charge is -2.38. The van der Waals surface area contributed by atoms with Crippen LogP contribution in [0, 0.1) is 12.8 Å². The number of hydrogen-bond donors (Lipinski definition) is 1. The Kier molecular flexibility index (Phi) is 3.29. The maximum absolute atomic E-state index is 5.28. The van der Waals surface area contributed by atoms with Crippen molar-refractivity contribution in [1.29, 1.82) is 0 Å². The molecule has 2 aliphatic carbocycles. The smallest absolute Gasteiger partial charge is 0.119 e. The van der Waals surface area contributed by atoms with Gasteiger partial charge in [0.1, 0.15) is 5.75 Å². The summed E-state index contributed by atoms with van der Waals surface area (Å²) >= 11 is 0. The molecule has 0 bridgehead atoms. The van der Waals surface area contributed by atoms with Crippen molar-refractivity contribution in [3.8, 4) is 5.75 Å². The molecule has 0 amide bonds. The maximum Gasteiger partial charge on any atom is 0.119 e. The molecule has 1 aromatic carbocycles. The molecule has 18 heavy (non-hydrogen) atoms. The van der Waals surface area contributed by atoms with Crippen LogP contribution in [-0.2, 0) is 0 Å². The lowest BCUT2D eigenvalue weighted by molar-refractivity contribution is 0.244. The molecule has 2 saturated carbocycles. The molecule has 2 atom stereocenters. The summed E-state index contributed by atoms with van der Waals surface area (Å²) in [6.07, 6.45) is 5.51. The van der Waals surface area contributed by atoms with Crippen LogP contribution in [0.15, 0.2) is 18.2 Å². The van der Waals surface area contributed by atoms with Gasteiger partial charge in [-0.05, 0) is 74.2 Å². The summed E-state index contributed by atoms with van der Waals surface area (Å²) in [5, 5.41) is 3.68. The first-order valence-corrected chi connectivity index (χ1v) is 7.16. The van der Waals surface area contributed by atoms with Crippen LogP contribution in [0.3, 0.4) is 0 Å². The molecule has 0 aromatic heterocycles. The van der Waals surface area contributed by atoms with E-state index in [4.69, 9.17) is 4.74 Å². The van der Waals surface area contributed by atoms with Crippen molar-refractivity contribution < 1.29 is 4.74 Å². The van der Waals surface area contributed by atoms with Crippen molar-refractivity contribution in [1.82, 2.24) is 5.32 Å². The van der Waals surface area contributed by atoms with Crippen LogP contribution >= 0.6 is 0 Å². The van der Waals surface area contributed by atoms with Crippen molar-refractivity contribution in [2.75, 3.05) is 13.7 Å². The summed E-state index contributed by atoms with van der Waals surface area (Å²) in [5.41, 5.74) is 2.92. The molecule has 1 N–H and O–H groups in total. The lowest BCUT2D eigenvalue weighted by Crippen LogP contribution is -2.35. The highest BCUT2D eigenvalue weighted by Gasteiger charge is 2.34. The number of methoxy groups -OCH3 is 1. The quantitative estimate of drug-likeness (QED) is 0.860. The van der Waals surface area contributed by atoms with E-state index in [1.54, 1.807) is 7.11 Å². The maximum atomic E-state index is 5.28. The SMILES string of the molecule is COc1ccc(C2CCC2CNC2CC2)c(C)c1. The van der Waals surface area contributed by atoms with Gasteiger partial charge in [-0.25, -0.2) is 0 Å². The van der Waals surface area contributed by atoms with E-state index in [0.29, 0.717) is 0 Å². The van der Waals surface area contributed by atoms with Crippen LogP contribution in [0.1, 0.15) is 42.7 Å². The topological polar surface area (TPSA) is 21.3 Å². The van der Waals surface area contributed by atoms with Gasteiger partial charge in [-0.15, -0.1) is 0 Å². The Bertz CT molecular complexity index is 425. The molecule has 3 rings (SSSR count). The van der Waals surface area contributed by atoms with Gasteiger partial charge < -0.3 is 10.1 Å². The van der Waals surface area contributed by atoms with Crippen LogP contribution in [-0.4, -0.2) is 19.7 Å². The second-order valence-electron chi connectivity index (χ2n) is 5.85. The van der Waals surface area contributed by atoms with Gasteiger partial charge in [0.05, 0.1) is 7.11 Å². The Morgan fingerprint density at radius 3 is 2.61 bits per heavy atom. The van der Waals surface area contributed by atoms with E-state index in [2.05, 4.69) is 30.4 Å². The Hall–Kier alpha value is -1.02. The molecule has 98 valence electrons. The fourth-order valence-corrected chi connectivity index (χ4v) is 3.02. The number of nitrogens with one attached hydrogen (secondary N) is 1. The van der Waals surface area contributed by atoms with E-state index >= 15 is 0 Å². The number of rotatable bonds is 5. The third-order valence-corrected chi connectivity index (χ3v) is 4.54. The minimum atomic E-state index is 0.766. The Morgan fingerprint density at radius 1 is 1.22 bits per heavy atom. The van der Waals surface area contributed by atoms with Gasteiger partial charge in [-0.3, -0.25) is 0 Å². The summed E-state index contributed by atoms with van der Waals surface area (Å²) in [5.74, 6) is 2.59. The molecule has 0 heterocycles. The Balaban J connectivity index is 1.65. The summed E-state index contributed by atoms with van der Waals surface area (Å²) in [4.78, 5) is 0. The molecule has 0 aliphatic heterocycles. The van der Waals surface area contributed by atoms with E-state index < -0.39 is 0 Å². The highest BCUT2D eigenvalue weighted by atomic mass is 16.5. The van der Waals surface area contributed by atoms with Gasteiger partial charge in [-0.1, -0.05) is 6.07 Å². The highest BCUT2D eigenvalue weighted by Crippen LogP contribution is 2.44. The Morgan fingerprint density at radius 2 is 2.06 bits per heavy atom. The van der Waals surface area contributed by atoms with Crippen LogP contribution in [0.2, 0.25) is 0 Å². The van der Waals surface area contributed by atoms with Crippen LogP contribution in [0.25, 0.3) is 0 Å². The average molecular weight is 245 g/mol. The van der Waals surface area contributed by atoms with Crippen molar-refractivity contribution >= 4 is 0 Å². The van der Waals surface area contributed by atoms with Crippen LogP contribution in [0.4, 0.5) is 0 Å². The van der Waals surface area contributed by atoms with Crippen molar-refractivity contribution in [3.05, 3.63) is 29.3 Å². The predicted molar refractivity (Wildman–Crippen MR) is 74.2 cm³/mol. The van der Waals surface area contributed by atoms with Gasteiger partial charge >= 0.3 is 0 Å². The normalized spacial score (nSPS) is 26.8. The molecule has 2 nitrogen and oxygen atoms in total. The number of aryl methyl sites for hydroxylation is 1. The highest BCUT2D eigenvalue weighted by molar-refractivity contribution is 5.38. The standard InChI is InChI=1S/C16H23NO/c1-11-9-14(18-2)6-8-15(11)16-7-3-12(16)10-17-13-4-5-13/h6,8-9,12-13,16-17H,3-5,7,10H2,1-2H3. The first kappa shape index (κ1) is 12.0. The van der Waals surface area contributed by atoms with Gasteiger partial charge in [0.25, 0.3) is 0 Å². The molecule has 0 spiro atoms. The molecule has 2 aliphatic rings. The Labute approximate surface area is 110 Å². The zero-order valence-corrected chi connectivity index (χ0v) is 11.4. The molecule has 2 unspecified atom stereocenters. The minimum absolute atomic E-state index is 0.766. The molecular weight excluding hydrogens is 222 g/mol. The molecule has 2 fully saturated rings. The second kappa shape index (κ2) is 4.93. The number of benzene rings is 1. The third-order valence-electron chi connectivity index (χ3n) is 4.54. The van der Waals surface area contributed by atoms with E-state index in [0.717, 1.165) is 23.6 Å². The summed E-state index contributed by atoms with van der Waals surface area (Å²) in [6, 6.07) is 7.37. The fourth-order valence-electron chi connectivity index (χ4n) is 3.02. The van der Waals surface area contributed by atoms with E-state index in [9.17, 15) is 0 Å². The summed E-state index contributed by atoms with van der Waals surface area (Å²) in [6.45, 7) is 3.42. The average Bonchev–Trinajstić information content (AvgIpc) is 3.14. The van der Waals surface area contributed by atoms with Gasteiger partial charge in [-0.2, -0.15) is 0 Å². The molecular formula is C16H23NO. The monoisotopic (exact) mass is 245 g/mol. The lowest BCUT2D eigenvalue weighted by atomic mass is 9.69. The van der Waals surface area contributed by atoms with Crippen LogP contribution < -0.4 is 10.1 Å². The molecule has 0 radical (unpaired) electrons. The number of hydrogen-bond acceptors (Lipinski definition) is 2. The van der Waals surface area contributed by atoms with Crippen molar-refractivity contribution in [2.45, 2.75) is 44.6 Å². The van der Waals surface area contributed by atoms with E-state index in [1.807, 2.05) is 0 Å². The zero-order valence-electron chi connectivity index (χ0n) is 11.4. The fraction of sp³-hybridized carbons (Fsp3) is 0.625. The summed E-state index contributed by atoms with van der Waals surface area (Å²) < 4.78 is 5.28. The van der Waals surface area contributed by atoms with Gasteiger partial charge in [0.15, 0.2) is 0 Å². The van der Waals surface area contributed by atoms with Crippen LogP contribution in [0.5, 0.6) is 5.75 Å². The molecule has 2 heteroatoms. The third kappa shape index (κ3) is 2.39. The first-order chi connectivity index (χ1) is 8.78. The van der Waals surface area contributed by atoms with Crippen molar-refractivity contribution in [3.63, 3.8) is 0 Å². The second-order valence-corrected chi connectivity index (χ2v) is 5.85. The predicted octanol–water partition coefficient (Wildman–Crippen LogP) is 3.25. The van der Waals surface area contributed by atoms with E-state index in [1.165, 1.54) is 43.4 Å². The number of ether oxygens (including phenoxy) is 1. The van der Waals surface area contributed by atoms with Gasteiger partial charge in [0, 0.05) is 6.04 Å². The zero-order chi connectivity index (χ0) is 12.5. The summed E-state index contributed by atoms with van der Waals surface area (Å²) in [7, 11) is 1.74. The van der Waals surface area contributed by atoms with Crippen molar-refractivity contribution in [2.24, 2.45) is 5.92 Å². The van der Waals surface area contributed by atoms with E-state index in [-0.39, 0.29) is 0 Å². The molecule has 0 saturated heterocycles. The largest absolute Gasteiger partial charge is 0.497 e.